The third-order valence-electron chi connectivity index (χ3n) is 2.61. The van der Waals surface area contributed by atoms with Crippen LogP contribution in [0.25, 0.3) is 0 Å². The standard InChI is InChI=1S/C12H14O4/c13-12(14)11-4-2-1-3-9(11)7-16-10-5-6-15-8-10/h1-4,10H,5-8H2,(H,13,14). The van der Waals surface area contributed by atoms with Gasteiger partial charge in [0.1, 0.15) is 0 Å². The van der Waals surface area contributed by atoms with Crippen LogP contribution in [0.2, 0.25) is 0 Å². The minimum absolute atomic E-state index is 0.0989. The van der Waals surface area contributed by atoms with E-state index in [-0.39, 0.29) is 6.10 Å². The molecule has 0 aliphatic carbocycles. The highest BCUT2D eigenvalue weighted by Gasteiger charge is 2.17. The smallest absolute Gasteiger partial charge is 0.336 e. The lowest BCUT2D eigenvalue weighted by Crippen LogP contribution is -2.13. The molecule has 1 aliphatic rings. The fourth-order valence-corrected chi connectivity index (χ4v) is 1.71. The molecule has 1 heterocycles. The average Bonchev–Trinajstić information content (AvgIpc) is 2.79. The number of ether oxygens (including phenoxy) is 2. The maximum atomic E-state index is 10.9. The SMILES string of the molecule is O=C(O)c1ccccc1COC1CCOC1. The summed E-state index contributed by atoms with van der Waals surface area (Å²) < 4.78 is 10.8. The maximum absolute atomic E-state index is 10.9. The van der Waals surface area contributed by atoms with Gasteiger partial charge in [0, 0.05) is 6.61 Å². The minimum atomic E-state index is -0.915. The Labute approximate surface area is 93.8 Å². The van der Waals surface area contributed by atoms with E-state index < -0.39 is 5.97 Å². The summed E-state index contributed by atoms with van der Waals surface area (Å²) >= 11 is 0. The molecule has 2 rings (SSSR count). The first-order valence-corrected chi connectivity index (χ1v) is 5.28. The Kier molecular flexibility index (Phi) is 3.54. The van der Waals surface area contributed by atoms with Crippen LogP contribution in [0, 0.1) is 0 Å². The molecule has 0 aromatic heterocycles. The first kappa shape index (κ1) is 11.1. The van der Waals surface area contributed by atoms with E-state index in [0.29, 0.717) is 24.3 Å². The highest BCUT2D eigenvalue weighted by Crippen LogP contribution is 2.14. The summed E-state index contributed by atoms with van der Waals surface area (Å²) in [5.41, 5.74) is 1.02. The van der Waals surface area contributed by atoms with Gasteiger partial charge in [-0.25, -0.2) is 4.79 Å². The highest BCUT2D eigenvalue weighted by atomic mass is 16.5. The lowest BCUT2D eigenvalue weighted by molar-refractivity contribution is 0.0308. The monoisotopic (exact) mass is 222 g/mol. The summed E-state index contributed by atoms with van der Waals surface area (Å²) in [6, 6.07) is 6.90. The van der Waals surface area contributed by atoms with Crippen molar-refractivity contribution in [3.05, 3.63) is 35.4 Å². The molecule has 1 unspecified atom stereocenters. The van der Waals surface area contributed by atoms with Crippen LogP contribution in [0.4, 0.5) is 0 Å². The molecule has 1 atom stereocenters. The molecule has 1 aromatic rings. The van der Waals surface area contributed by atoms with Gasteiger partial charge in [-0.3, -0.25) is 0 Å². The van der Waals surface area contributed by atoms with E-state index >= 15 is 0 Å². The Balaban J connectivity index is 2.00. The van der Waals surface area contributed by atoms with Crippen LogP contribution >= 0.6 is 0 Å². The van der Waals surface area contributed by atoms with E-state index in [0.717, 1.165) is 13.0 Å². The zero-order chi connectivity index (χ0) is 11.4. The quantitative estimate of drug-likeness (QED) is 0.842. The summed E-state index contributed by atoms with van der Waals surface area (Å²) in [6.07, 6.45) is 0.983. The number of hydrogen-bond donors (Lipinski definition) is 1. The lowest BCUT2D eigenvalue weighted by atomic mass is 10.1. The van der Waals surface area contributed by atoms with Crippen molar-refractivity contribution in [1.82, 2.24) is 0 Å². The molecule has 0 spiro atoms. The van der Waals surface area contributed by atoms with Crippen LogP contribution in [0.3, 0.4) is 0 Å². The average molecular weight is 222 g/mol. The predicted octanol–water partition coefficient (Wildman–Crippen LogP) is 1.69. The number of rotatable bonds is 4. The van der Waals surface area contributed by atoms with Crippen LogP contribution < -0.4 is 0 Å². The van der Waals surface area contributed by atoms with E-state index in [1.807, 2.05) is 6.07 Å². The van der Waals surface area contributed by atoms with Gasteiger partial charge in [0.25, 0.3) is 0 Å². The highest BCUT2D eigenvalue weighted by molar-refractivity contribution is 5.89. The third-order valence-corrected chi connectivity index (χ3v) is 2.61. The molecule has 0 bridgehead atoms. The van der Waals surface area contributed by atoms with E-state index in [1.54, 1.807) is 18.2 Å². The van der Waals surface area contributed by atoms with Gasteiger partial charge in [-0.05, 0) is 18.1 Å². The summed E-state index contributed by atoms with van der Waals surface area (Å²) in [5, 5.41) is 8.98. The van der Waals surface area contributed by atoms with Crippen LogP contribution in [0.5, 0.6) is 0 Å². The van der Waals surface area contributed by atoms with Crippen LogP contribution in [-0.4, -0.2) is 30.4 Å². The number of carboxylic acids is 1. The molecule has 1 aliphatic heterocycles. The van der Waals surface area contributed by atoms with E-state index in [4.69, 9.17) is 14.6 Å². The summed E-state index contributed by atoms with van der Waals surface area (Å²) in [6.45, 7) is 1.66. The van der Waals surface area contributed by atoms with Crippen molar-refractivity contribution in [3.63, 3.8) is 0 Å². The Hall–Kier alpha value is -1.39. The van der Waals surface area contributed by atoms with Gasteiger partial charge in [0.15, 0.2) is 0 Å². The lowest BCUT2D eigenvalue weighted by Gasteiger charge is -2.11. The van der Waals surface area contributed by atoms with Gasteiger partial charge in [-0.1, -0.05) is 18.2 Å². The van der Waals surface area contributed by atoms with Crippen LogP contribution in [0.15, 0.2) is 24.3 Å². The second kappa shape index (κ2) is 5.09. The van der Waals surface area contributed by atoms with Crippen molar-refractivity contribution in [2.75, 3.05) is 13.2 Å². The zero-order valence-corrected chi connectivity index (χ0v) is 8.89. The molecule has 16 heavy (non-hydrogen) atoms. The Morgan fingerprint density at radius 1 is 1.50 bits per heavy atom. The largest absolute Gasteiger partial charge is 0.478 e. The number of carbonyl (C=O) groups is 1. The molecule has 1 N–H and O–H groups in total. The van der Waals surface area contributed by atoms with Gasteiger partial charge < -0.3 is 14.6 Å². The molecule has 1 aromatic carbocycles. The number of aromatic carboxylic acids is 1. The summed E-state index contributed by atoms with van der Waals surface area (Å²) in [7, 11) is 0. The van der Waals surface area contributed by atoms with Gasteiger partial charge in [-0.15, -0.1) is 0 Å². The molecule has 0 saturated carbocycles. The van der Waals surface area contributed by atoms with E-state index in [2.05, 4.69) is 0 Å². The fraction of sp³-hybridized carbons (Fsp3) is 0.417. The Morgan fingerprint density at radius 2 is 2.31 bits per heavy atom. The molecule has 0 amide bonds. The van der Waals surface area contributed by atoms with Gasteiger partial charge in [0.05, 0.1) is 24.9 Å². The third kappa shape index (κ3) is 2.59. The van der Waals surface area contributed by atoms with E-state index in [9.17, 15) is 4.79 Å². The molecular formula is C12H14O4. The summed E-state index contributed by atoms with van der Waals surface area (Å²) in [4.78, 5) is 10.9. The molecule has 4 nitrogen and oxygen atoms in total. The number of carboxylic acid groups (broad SMARTS) is 1. The molecule has 0 radical (unpaired) electrons. The van der Waals surface area contributed by atoms with E-state index in [1.165, 1.54) is 0 Å². The minimum Gasteiger partial charge on any atom is -0.478 e. The normalized spacial score (nSPS) is 19.9. The first-order valence-electron chi connectivity index (χ1n) is 5.28. The van der Waals surface area contributed by atoms with Gasteiger partial charge >= 0.3 is 5.97 Å². The van der Waals surface area contributed by atoms with Crippen molar-refractivity contribution in [2.45, 2.75) is 19.1 Å². The number of hydrogen-bond acceptors (Lipinski definition) is 3. The fourth-order valence-electron chi connectivity index (χ4n) is 1.71. The second-order valence-corrected chi connectivity index (χ2v) is 3.76. The van der Waals surface area contributed by atoms with Gasteiger partial charge in [0.2, 0.25) is 0 Å². The molecule has 86 valence electrons. The zero-order valence-electron chi connectivity index (χ0n) is 8.89. The van der Waals surface area contributed by atoms with Crippen molar-refractivity contribution in [3.8, 4) is 0 Å². The molecular weight excluding hydrogens is 208 g/mol. The second-order valence-electron chi connectivity index (χ2n) is 3.76. The number of benzene rings is 1. The Morgan fingerprint density at radius 3 is 3.00 bits per heavy atom. The molecule has 4 heteroatoms. The summed E-state index contributed by atoms with van der Waals surface area (Å²) in [5.74, 6) is -0.915. The van der Waals surface area contributed by atoms with Crippen molar-refractivity contribution in [2.24, 2.45) is 0 Å². The first-order chi connectivity index (χ1) is 7.77. The Bertz CT molecular complexity index is 369. The molecule has 1 saturated heterocycles. The predicted molar refractivity (Wildman–Crippen MR) is 57.4 cm³/mol. The maximum Gasteiger partial charge on any atom is 0.336 e. The van der Waals surface area contributed by atoms with Crippen molar-refractivity contribution in [1.29, 1.82) is 0 Å². The van der Waals surface area contributed by atoms with Crippen LogP contribution in [-0.2, 0) is 16.1 Å². The molecule has 1 fully saturated rings. The van der Waals surface area contributed by atoms with Crippen molar-refractivity contribution >= 4 is 5.97 Å². The van der Waals surface area contributed by atoms with Crippen LogP contribution in [0.1, 0.15) is 22.3 Å². The topological polar surface area (TPSA) is 55.8 Å². The van der Waals surface area contributed by atoms with Crippen molar-refractivity contribution < 1.29 is 19.4 Å². The van der Waals surface area contributed by atoms with Gasteiger partial charge in [-0.2, -0.15) is 0 Å².